The van der Waals surface area contributed by atoms with Gasteiger partial charge in [-0.15, -0.1) is 0 Å². The van der Waals surface area contributed by atoms with E-state index >= 15 is 0 Å². The number of hydrogen-bond donors (Lipinski definition) is 2. The van der Waals surface area contributed by atoms with Gasteiger partial charge in [-0.25, -0.2) is 4.79 Å². The molecule has 2 amide bonds. The molecule has 0 saturated heterocycles. The van der Waals surface area contributed by atoms with E-state index < -0.39 is 11.4 Å². The van der Waals surface area contributed by atoms with Gasteiger partial charge in [0.2, 0.25) is 0 Å². The van der Waals surface area contributed by atoms with Crippen molar-refractivity contribution in [1.82, 2.24) is 10.2 Å². The van der Waals surface area contributed by atoms with Gasteiger partial charge in [0.15, 0.2) is 0 Å². The highest BCUT2D eigenvalue weighted by Gasteiger charge is 2.41. The number of carboxylic acids is 1. The molecular formula is C16H28N2O3. The van der Waals surface area contributed by atoms with Crippen LogP contribution in [0.2, 0.25) is 0 Å². The molecule has 0 aromatic heterocycles. The second-order valence-electron chi connectivity index (χ2n) is 7.28. The second kappa shape index (κ2) is 6.24. The van der Waals surface area contributed by atoms with Crippen LogP contribution >= 0.6 is 0 Å². The number of carboxylic acid groups (broad SMARTS) is 1. The fraction of sp³-hybridized carbons (Fsp3) is 0.875. The van der Waals surface area contributed by atoms with Crippen LogP contribution < -0.4 is 5.32 Å². The third-order valence-electron chi connectivity index (χ3n) is 5.39. The number of aliphatic carboxylic acids is 1. The van der Waals surface area contributed by atoms with Crippen LogP contribution in [0, 0.1) is 23.2 Å². The molecule has 2 atom stereocenters. The Bertz CT molecular complexity index is 402. The normalized spacial score (nSPS) is 35.1. The average molecular weight is 296 g/mol. The first-order valence-corrected chi connectivity index (χ1v) is 8.06. The molecule has 2 fully saturated rings. The molecule has 0 aromatic carbocycles. The van der Waals surface area contributed by atoms with Crippen LogP contribution in [0.5, 0.6) is 0 Å². The van der Waals surface area contributed by atoms with Crippen molar-refractivity contribution in [2.75, 3.05) is 20.1 Å². The topological polar surface area (TPSA) is 69.6 Å². The summed E-state index contributed by atoms with van der Waals surface area (Å²) in [4.78, 5) is 25.4. The summed E-state index contributed by atoms with van der Waals surface area (Å²) >= 11 is 0. The molecule has 0 bridgehead atoms. The number of nitrogens with zero attached hydrogens (tertiary/aromatic N) is 1. The third kappa shape index (κ3) is 3.89. The summed E-state index contributed by atoms with van der Waals surface area (Å²) in [6, 6.07) is -0.145. The molecule has 2 saturated carbocycles. The smallest absolute Gasteiger partial charge is 0.317 e. The first-order valence-electron chi connectivity index (χ1n) is 8.06. The van der Waals surface area contributed by atoms with Crippen molar-refractivity contribution < 1.29 is 14.7 Å². The quantitative estimate of drug-likeness (QED) is 0.819. The van der Waals surface area contributed by atoms with Crippen molar-refractivity contribution in [3.05, 3.63) is 0 Å². The molecule has 2 aliphatic carbocycles. The maximum Gasteiger partial charge on any atom is 0.317 e. The van der Waals surface area contributed by atoms with E-state index in [4.69, 9.17) is 0 Å². The Labute approximate surface area is 127 Å². The Hall–Kier alpha value is -1.26. The lowest BCUT2D eigenvalue weighted by Crippen LogP contribution is -2.48. The maximum atomic E-state index is 12.1. The lowest BCUT2D eigenvalue weighted by Gasteiger charge is -2.36. The summed E-state index contributed by atoms with van der Waals surface area (Å²) in [6.45, 7) is 5.37. The lowest BCUT2D eigenvalue weighted by atomic mass is 9.71. The molecule has 0 spiro atoms. The highest BCUT2D eigenvalue weighted by Crippen LogP contribution is 2.39. The SMILES string of the molecule is CC1CCC(CNC(=O)N(C)CC2CC2C)(C(=O)O)CC1. The van der Waals surface area contributed by atoms with Crippen LogP contribution in [0.15, 0.2) is 0 Å². The fourth-order valence-corrected chi connectivity index (χ4v) is 3.25. The van der Waals surface area contributed by atoms with Crippen molar-refractivity contribution in [3.8, 4) is 0 Å². The fourth-order valence-electron chi connectivity index (χ4n) is 3.25. The highest BCUT2D eigenvalue weighted by molar-refractivity contribution is 5.78. The van der Waals surface area contributed by atoms with Crippen LogP contribution in [0.3, 0.4) is 0 Å². The van der Waals surface area contributed by atoms with Crippen LogP contribution in [-0.2, 0) is 4.79 Å². The molecule has 2 rings (SSSR count). The zero-order valence-electron chi connectivity index (χ0n) is 13.4. The van der Waals surface area contributed by atoms with Crippen molar-refractivity contribution in [1.29, 1.82) is 0 Å². The number of rotatable bonds is 5. The average Bonchev–Trinajstić information content (AvgIpc) is 3.13. The molecule has 0 aromatic rings. The van der Waals surface area contributed by atoms with Gasteiger partial charge in [-0.3, -0.25) is 4.79 Å². The number of urea groups is 1. The number of nitrogens with one attached hydrogen (secondary N) is 1. The summed E-state index contributed by atoms with van der Waals surface area (Å²) in [5.74, 6) is 1.15. The summed E-state index contributed by atoms with van der Waals surface area (Å²) in [6.07, 6.45) is 4.37. The summed E-state index contributed by atoms with van der Waals surface area (Å²) in [7, 11) is 1.79. The highest BCUT2D eigenvalue weighted by atomic mass is 16.4. The van der Waals surface area contributed by atoms with Gasteiger partial charge in [0.05, 0.1) is 5.41 Å². The van der Waals surface area contributed by atoms with Gasteiger partial charge in [-0.05, 0) is 49.9 Å². The molecule has 2 unspecified atom stereocenters. The van der Waals surface area contributed by atoms with E-state index in [0.29, 0.717) is 30.6 Å². The Morgan fingerprint density at radius 3 is 2.33 bits per heavy atom. The Balaban J connectivity index is 1.83. The van der Waals surface area contributed by atoms with Gasteiger partial charge in [-0.2, -0.15) is 0 Å². The summed E-state index contributed by atoms with van der Waals surface area (Å²) in [5, 5.41) is 12.4. The molecule has 0 aliphatic heterocycles. The monoisotopic (exact) mass is 296 g/mol. The number of carbonyl (C=O) groups is 2. The van der Waals surface area contributed by atoms with Crippen LogP contribution in [0.25, 0.3) is 0 Å². The molecule has 0 heterocycles. The van der Waals surface area contributed by atoms with Gasteiger partial charge in [0.25, 0.3) is 0 Å². The lowest BCUT2D eigenvalue weighted by molar-refractivity contribution is -0.151. The predicted octanol–water partition coefficient (Wildman–Crippen LogP) is 2.56. The van der Waals surface area contributed by atoms with Gasteiger partial charge in [0.1, 0.15) is 0 Å². The number of hydrogen-bond acceptors (Lipinski definition) is 2. The van der Waals surface area contributed by atoms with E-state index in [1.807, 2.05) is 0 Å². The first kappa shape index (κ1) is 16.1. The van der Waals surface area contributed by atoms with E-state index in [9.17, 15) is 14.7 Å². The van der Waals surface area contributed by atoms with Gasteiger partial charge in [-0.1, -0.05) is 13.8 Å². The minimum absolute atomic E-state index is 0.145. The van der Waals surface area contributed by atoms with E-state index in [1.54, 1.807) is 11.9 Å². The van der Waals surface area contributed by atoms with E-state index in [1.165, 1.54) is 6.42 Å². The minimum Gasteiger partial charge on any atom is -0.481 e. The molecule has 2 N–H and O–H groups in total. The maximum absolute atomic E-state index is 12.1. The molecule has 0 radical (unpaired) electrons. The minimum atomic E-state index is -0.770. The molecule has 5 nitrogen and oxygen atoms in total. The number of amides is 2. The Kier molecular flexibility index (Phi) is 4.79. The summed E-state index contributed by atoms with van der Waals surface area (Å²) < 4.78 is 0. The van der Waals surface area contributed by atoms with E-state index in [2.05, 4.69) is 19.2 Å². The molecule has 21 heavy (non-hydrogen) atoms. The molecule has 2 aliphatic rings. The molecule has 5 heteroatoms. The Morgan fingerprint density at radius 2 is 1.86 bits per heavy atom. The van der Waals surface area contributed by atoms with Crippen LogP contribution in [0.1, 0.15) is 46.0 Å². The van der Waals surface area contributed by atoms with E-state index in [0.717, 1.165) is 19.4 Å². The second-order valence-corrected chi connectivity index (χ2v) is 7.28. The summed E-state index contributed by atoms with van der Waals surface area (Å²) in [5.41, 5.74) is -0.768. The van der Waals surface area contributed by atoms with E-state index in [-0.39, 0.29) is 12.6 Å². The predicted molar refractivity (Wildman–Crippen MR) is 81.0 cm³/mol. The zero-order valence-corrected chi connectivity index (χ0v) is 13.4. The zero-order chi connectivity index (χ0) is 15.6. The van der Waals surface area contributed by atoms with Crippen molar-refractivity contribution in [2.45, 2.75) is 46.0 Å². The Morgan fingerprint density at radius 1 is 1.29 bits per heavy atom. The largest absolute Gasteiger partial charge is 0.481 e. The third-order valence-corrected chi connectivity index (χ3v) is 5.39. The molecule has 120 valence electrons. The first-order chi connectivity index (χ1) is 9.84. The van der Waals surface area contributed by atoms with Gasteiger partial charge >= 0.3 is 12.0 Å². The van der Waals surface area contributed by atoms with Gasteiger partial charge in [0, 0.05) is 20.1 Å². The van der Waals surface area contributed by atoms with Crippen LogP contribution in [-0.4, -0.2) is 42.1 Å². The van der Waals surface area contributed by atoms with Crippen molar-refractivity contribution >= 4 is 12.0 Å². The van der Waals surface area contributed by atoms with Crippen LogP contribution in [0.4, 0.5) is 4.79 Å². The number of carbonyl (C=O) groups excluding carboxylic acids is 1. The molecular weight excluding hydrogens is 268 g/mol. The van der Waals surface area contributed by atoms with Gasteiger partial charge < -0.3 is 15.3 Å². The van der Waals surface area contributed by atoms with Crippen molar-refractivity contribution in [3.63, 3.8) is 0 Å². The standard InChI is InChI=1S/C16H28N2O3/c1-11-4-6-16(7-5-11,14(19)20)10-17-15(21)18(3)9-13-8-12(13)2/h11-13H,4-10H2,1-3H3,(H,17,21)(H,19,20). The van der Waals surface area contributed by atoms with Crippen molar-refractivity contribution in [2.24, 2.45) is 23.2 Å².